The van der Waals surface area contributed by atoms with E-state index in [1.54, 1.807) is 6.20 Å². The molecule has 0 aliphatic heterocycles. The van der Waals surface area contributed by atoms with Gasteiger partial charge in [-0.1, -0.05) is 13.8 Å². The Kier molecular flexibility index (Phi) is 2.35. The van der Waals surface area contributed by atoms with E-state index in [0.29, 0.717) is 5.92 Å². The van der Waals surface area contributed by atoms with Crippen LogP contribution in [0.3, 0.4) is 0 Å². The number of hydrogen-bond donors (Lipinski definition) is 1. The van der Waals surface area contributed by atoms with Gasteiger partial charge in [-0.15, -0.1) is 0 Å². The molecule has 2 rings (SSSR count). The van der Waals surface area contributed by atoms with E-state index in [4.69, 9.17) is 0 Å². The minimum Gasteiger partial charge on any atom is -0.347 e. The van der Waals surface area contributed by atoms with E-state index in [9.17, 15) is 0 Å². The Morgan fingerprint density at radius 1 is 1.36 bits per heavy atom. The second-order valence-electron chi connectivity index (χ2n) is 3.60. The van der Waals surface area contributed by atoms with Gasteiger partial charge in [0.1, 0.15) is 11.6 Å². The average Bonchev–Trinajstić information content (AvgIpc) is 2.75. The predicted octanol–water partition coefficient (Wildman–Crippen LogP) is 1.78. The molecule has 0 fully saturated rings. The first-order valence-corrected chi connectivity index (χ1v) is 4.76. The lowest BCUT2D eigenvalue weighted by Crippen LogP contribution is -2.06. The monoisotopic (exact) mass is 190 g/mol. The van der Waals surface area contributed by atoms with Gasteiger partial charge in [0, 0.05) is 30.7 Å². The molecule has 74 valence electrons. The molecule has 0 saturated heterocycles. The maximum Gasteiger partial charge on any atom is 0.126 e. The van der Waals surface area contributed by atoms with Crippen molar-refractivity contribution in [2.45, 2.75) is 26.3 Å². The summed E-state index contributed by atoms with van der Waals surface area (Å²) >= 11 is 0. The predicted molar refractivity (Wildman–Crippen MR) is 54.0 cm³/mol. The molecule has 0 atom stereocenters. The minimum absolute atomic E-state index is 0.444. The van der Waals surface area contributed by atoms with Crippen molar-refractivity contribution in [1.29, 1.82) is 0 Å². The molecule has 0 amide bonds. The maximum absolute atomic E-state index is 4.32. The maximum atomic E-state index is 4.32. The summed E-state index contributed by atoms with van der Waals surface area (Å²) in [5.41, 5.74) is 0. The molecule has 0 aliphatic carbocycles. The van der Waals surface area contributed by atoms with E-state index in [1.807, 2.05) is 18.6 Å². The lowest BCUT2D eigenvalue weighted by molar-refractivity contribution is 0.654. The normalized spacial score (nSPS) is 11.1. The topological polar surface area (TPSA) is 46.5 Å². The molecule has 2 heterocycles. The van der Waals surface area contributed by atoms with E-state index in [-0.39, 0.29) is 0 Å². The van der Waals surface area contributed by atoms with Crippen LogP contribution in [0.1, 0.15) is 31.4 Å². The van der Waals surface area contributed by atoms with Gasteiger partial charge in [-0.05, 0) is 0 Å². The Bertz CT molecular complexity index is 386. The molecule has 14 heavy (non-hydrogen) atoms. The number of H-pyrrole nitrogens is 1. The number of hydrogen-bond acceptors (Lipinski definition) is 2. The molecule has 4 heteroatoms. The molecular weight excluding hydrogens is 176 g/mol. The molecule has 1 N–H and O–H groups in total. The van der Waals surface area contributed by atoms with Gasteiger partial charge in [0.05, 0.1) is 6.54 Å². The number of rotatable bonds is 3. The fourth-order valence-corrected chi connectivity index (χ4v) is 1.50. The summed E-state index contributed by atoms with van der Waals surface area (Å²) in [4.78, 5) is 11.6. The van der Waals surface area contributed by atoms with Crippen LogP contribution in [0.25, 0.3) is 0 Å². The zero-order valence-corrected chi connectivity index (χ0v) is 8.44. The zero-order valence-electron chi connectivity index (χ0n) is 8.44. The lowest BCUT2D eigenvalue weighted by Gasteiger charge is -2.08. The molecule has 0 bridgehead atoms. The molecule has 0 aromatic carbocycles. The minimum atomic E-state index is 0.444. The van der Waals surface area contributed by atoms with Crippen molar-refractivity contribution in [3.05, 3.63) is 36.4 Å². The summed E-state index contributed by atoms with van der Waals surface area (Å²) in [7, 11) is 0. The average molecular weight is 190 g/mol. The van der Waals surface area contributed by atoms with Crippen LogP contribution in [-0.2, 0) is 6.54 Å². The van der Waals surface area contributed by atoms with Crippen LogP contribution >= 0.6 is 0 Å². The third kappa shape index (κ3) is 1.69. The van der Waals surface area contributed by atoms with Crippen LogP contribution in [0.2, 0.25) is 0 Å². The molecule has 4 nitrogen and oxygen atoms in total. The Labute approximate surface area is 83.0 Å². The van der Waals surface area contributed by atoms with Crippen LogP contribution in [-0.4, -0.2) is 19.5 Å². The molecule has 0 radical (unpaired) electrons. The van der Waals surface area contributed by atoms with Gasteiger partial charge in [0.25, 0.3) is 0 Å². The van der Waals surface area contributed by atoms with Gasteiger partial charge < -0.3 is 9.55 Å². The van der Waals surface area contributed by atoms with E-state index >= 15 is 0 Å². The number of aromatic amines is 1. The van der Waals surface area contributed by atoms with E-state index < -0.39 is 0 Å². The first-order valence-electron chi connectivity index (χ1n) is 4.76. The summed E-state index contributed by atoms with van der Waals surface area (Å²) in [5.74, 6) is 2.51. The Hall–Kier alpha value is -1.58. The van der Waals surface area contributed by atoms with Crippen molar-refractivity contribution in [3.63, 3.8) is 0 Å². The Morgan fingerprint density at radius 2 is 2.21 bits per heavy atom. The Balaban J connectivity index is 2.21. The third-order valence-corrected chi connectivity index (χ3v) is 2.14. The lowest BCUT2D eigenvalue weighted by atomic mass is 10.2. The highest BCUT2D eigenvalue weighted by atomic mass is 15.1. The molecule has 0 unspecified atom stereocenters. The van der Waals surface area contributed by atoms with Gasteiger partial charge in [-0.25, -0.2) is 9.97 Å². The molecule has 0 aliphatic rings. The first kappa shape index (κ1) is 8.99. The molecular formula is C10H14N4. The van der Waals surface area contributed by atoms with Gasteiger partial charge in [0.2, 0.25) is 0 Å². The highest BCUT2D eigenvalue weighted by Crippen LogP contribution is 2.12. The van der Waals surface area contributed by atoms with Crippen LogP contribution in [0, 0.1) is 0 Å². The standard InChI is InChI=1S/C10H14N4/c1-8(2)10-13-5-6-14(10)7-9-11-3-4-12-9/h3-6,8H,7H2,1-2H3,(H,11,12). The van der Waals surface area contributed by atoms with E-state index in [1.165, 1.54) is 0 Å². The number of imidazole rings is 2. The summed E-state index contributed by atoms with van der Waals surface area (Å²) < 4.78 is 2.11. The number of aromatic nitrogens is 4. The van der Waals surface area contributed by atoms with E-state index in [0.717, 1.165) is 18.2 Å². The summed E-state index contributed by atoms with van der Waals surface area (Å²) in [6.45, 7) is 5.04. The second-order valence-corrected chi connectivity index (χ2v) is 3.60. The molecule has 0 spiro atoms. The largest absolute Gasteiger partial charge is 0.347 e. The van der Waals surface area contributed by atoms with Crippen molar-refractivity contribution in [3.8, 4) is 0 Å². The van der Waals surface area contributed by atoms with Crippen LogP contribution in [0.15, 0.2) is 24.8 Å². The van der Waals surface area contributed by atoms with Crippen molar-refractivity contribution >= 4 is 0 Å². The van der Waals surface area contributed by atoms with Crippen LogP contribution in [0.5, 0.6) is 0 Å². The van der Waals surface area contributed by atoms with Crippen molar-refractivity contribution in [2.24, 2.45) is 0 Å². The SMILES string of the molecule is CC(C)c1nccn1Cc1ncc[nH]1. The zero-order chi connectivity index (χ0) is 9.97. The second kappa shape index (κ2) is 3.65. The summed E-state index contributed by atoms with van der Waals surface area (Å²) in [6, 6.07) is 0. The highest BCUT2D eigenvalue weighted by Gasteiger charge is 2.07. The van der Waals surface area contributed by atoms with Crippen molar-refractivity contribution < 1.29 is 0 Å². The highest BCUT2D eigenvalue weighted by molar-refractivity contribution is 5.01. The molecule has 2 aromatic rings. The molecule has 0 saturated carbocycles. The quantitative estimate of drug-likeness (QED) is 0.801. The van der Waals surface area contributed by atoms with Gasteiger partial charge in [-0.3, -0.25) is 0 Å². The van der Waals surface area contributed by atoms with Crippen molar-refractivity contribution in [1.82, 2.24) is 19.5 Å². The number of nitrogens with one attached hydrogen (secondary N) is 1. The fraction of sp³-hybridized carbons (Fsp3) is 0.400. The van der Waals surface area contributed by atoms with Crippen LogP contribution < -0.4 is 0 Å². The van der Waals surface area contributed by atoms with Gasteiger partial charge in [-0.2, -0.15) is 0 Å². The van der Waals surface area contributed by atoms with Gasteiger partial charge >= 0.3 is 0 Å². The summed E-state index contributed by atoms with van der Waals surface area (Å²) in [5, 5.41) is 0. The van der Waals surface area contributed by atoms with Crippen molar-refractivity contribution in [2.75, 3.05) is 0 Å². The Morgan fingerprint density at radius 3 is 2.86 bits per heavy atom. The van der Waals surface area contributed by atoms with Crippen LogP contribution in [0.4, 0.5) is 0 Å². The third-order valence-electron chi connectivity index (χ3n) is 2.14. The summed E-state index contributed by atoms with van der Waals surface area (Å²) in [6.07, 6.45) is 7.42. The fourth-order valence-electron chi connectivity index (χ4n) is 1.50. The number of nitrogens with zero attached hydrogens (tertiary/aromatic N) is 3. The van der Waals surface area contributed by atoms with E-state index in [2.05, 4.69) is 33.4 Å². The van der Waals surface area contributed by atoms with Gasteiger partial charge in [0.15, 0.2) is 0 Å². The molecule has 2 aromatic heterocycles. The first-order chi connectivity index (χ1) is 6.77. The smallest absolute Gasteiger partial charge is 0.126 e.